The Morgan fingerprint density at radius 2 is 1.88 bits per heavy atom. The molecule has 1 heteroatoms. The minimum atomic E-state index is 0.197. The number of hydrogen-bond donors (Lipinski definition) is 1. The predicted molar refractivity (Wildman–Crippen MR) is 69.3 cm³/mol. The smallest absolute Gasteiger partial charge is 0.0471 e. The Morgan fingerprint density at radius 1 is 1.12 bits per heavy atom. The summed E-state index contributed by atoms with van der Waals surface area (Å²) in [5.74, 6) is 0. The molecule has 1 nitrogen and oxygen atoms in total. The maximum Gasteiger partial charge on any atom is 0.0471 e. The first-order valence-corrected chi connectivity index (χ1v) is 5.61. The molecule has 0 fully saturated rings. The highest BCUT2D eigenvalue weighted by molar-refractivity contribution is 5.93. The number of aliphatic hydroxyl groups excluding tert-OH is 1. The predicted octanol–water partition coefficient (Wildman–Crippen LogP) is 3.63. The number of fused-ring (bicyclic) bond motifs is 1. The number of aliphatic hydroxyl groups is 1. The molecule has 0 unspecified atom stereocenters. The van der Waals surface area contributed by atoms with Crippen LogP contribution in [0.5, 0.6) is 0 Å². The number of rotatable bonds is 3. The van der Waals surface area contributed by atoms with Gasteiger partial charge in [0.2, 0.25) is 0 Å². The fourth-order valence-electron chi connectivity index (χ4n) is 2.06. The van der Waals surface area contributed by atoms with Crippen LogP contribution in [0.25, 0.3) is 16.3 Å². The first-order chi connectivity index (χ1) is 7.86. The second-order valence-electron chi connectivity index (χ2n) is 3.81. The van der Waals surface area contributed by atoms with Gasteiger partial charge in [-0.05, 0) is 35.3 Å². The van der Waals surface area contributed by atoms with Crippen molar-refractivity contribution in [1.29, 1.82) is 0 Å². The van der Waals surface area contributed by atoms with Crippen LogP contribution in [0, 0.1) is 0 Å². The van der Waals surface area contributed by atoms with E-state index in [9.17, 15) is 0 Å². The van der Waals surface area contributed by atoms with Crippen LogP contribution in [0.1, 0.15) is 18.9 Å². The summed E-state index contributed by atoms with van der Waals surface area (Å²) in [5.41, 5.74) is 2.44. The molecule has 2 aromatic carbocycles. The van der Waals surface area contributed by atoms with Crippen LogP contribution < -0.4 is 0 Å². The van der Waals surface area contributed by atoms with Crippen molar-refractivity contribution in [3.63, 3.8) is 0 Å². The van der Waals surface area contributed by atoms with Gasteiger partial charge in [-0.15, -0.1) is 0 Å². The van der Waals surface area contributed by atoms with Crippen molar-refractivity contribution in [2.75, 3.05) is 6.61 Å². The minimum absolute atomic E-state index is 0.197. The van der Waals surface area contributed by atoms with Gasteiger partial charge >= 0.3 is 0 Å². The molecule has 0 atom stereocenters. The van der Waals surface area contributed by atoms with Crippen molar-refractivity contribution in [3.8, 4) is 0 Å². The first kappa shape index (κ1) is 10.9. The molecule has 0 saturated carbocycles. The first-order valence-electron chi connectivity index (χ1n) is 5.61. The summed E-state index contributed by atoms with van der Waals surface area (Å²) in [4.78, 5) is 0. The van der Waals surface area contributed by atoms with Gasteiger partial charge in [0.25, 0.3) is 0 Å². The normalized spacial score (nSPS) is 12.0. The van der Waals surface area contributed by atoms with Gasteiger partial charge in [0.05, 0.1) is 0 Å². The largest absolute Gasteiger partial charge is 0.396 e. The van der Waals surface area contributed by atoms with Gasteiger partial charge in [-0.2, -0.15) is 0 Å². The Balaban J connectivity index is 2.59. The summed E-state index contributed by atoms with van der Waals surface area (Å²) in [6, 6.07) is 14.7. The van der Waals surface area contributed by atoms with Gasteiger partial charge in [-0.3, -0.25) is 0 Å². The third-order valence-corrected chi connectivity index (χ3v) is 2.87. The van der Waals surface area contributed by atoms with Gasteiger partial charge in [0.15, 0.2) is 0 Å². The zero-order valence-corrected chi connectivity index (χ0v) is 9.48. The zero-order chi connectivity index (χ0) is 11.4. The average molecular weight is 212 g/mol. The van der Waals surface area contributed by atoms with E-state index in [2.05, 4.69) is 42.5 Å². The SMILES string of the molecule is C/C=C(\CCO)c1cccc2ccccc12. The fraction of sp³-hybridized carbons (Fsp3) is 0.200. The minimum Gasteiger partial charge on any atom is -0.396 e. The van der Waals surface area contributed by atoms with Crippen LogP contribution in [0.15, 0.2) is 48.5 Å². The molecule has 2 rings (SSSR count). The summed E-state index contributed by atoms with van der Waals surface area (Å²) in [5, 5.41) is 11.6. The summed E-state index contributed by atoms with van der Waals surface area (Å²) < 4.78 is 0. The second kappa shape index (κ2) is 4.95. The summed E-state index contributed by atoms with van der Waals surface area (Å²) >= 11 is 0. The fourth-order valence-corrected chi connectivity index (χ4v) is 2.06. The zero-order valence-electron chi connectivity index (χ0n) is 9.48. The van der Waals surface area contributed by atoms with Crippen molar-refractivity contribution in [2.45, 2.75) is 13.3 Å². The molecule has 82 valence electrons. The lowest BCUT2D eigenvalue weighted by molar-refractivity contribution is 0.305. The van der Waals surface area contributed by atoms with E-state index in [4.69, 9.17) is 5.11 Å². The van der Waals surface area contributed by atoms with E-state index in [0.29, 0.717) is 6.42 Å². The molecule has 1 N–H and O–H groups in total. The summed E-state index contributed by atoms with van der Waals surface area (Å²) in [7, 11) is 0. The number of benzene rings is 2. The van der Waals surface area contributed by atoms with E-state index >= 15 is 0 Å². The maximum absolute atomic E-state index is 9.06. The second-order valence-corrected chi connectivity index (χ2v) is 3.81. The molecule has 16 heavy (non-hydrogen) atoms. The quantitative estimate of drug-likeness (QED) is 0.823. The van der Waals surface area contributed by atoms with Gasteiger partial charge in [-0.1, -0.05) is 48.5 Å². The highest BCUT2D eigenvalue weighted by Crippen LogP contribution is 2.26. The highest BCUT2D eigenvalue weighted by Gasteiger charge is 2.04. The Labute approximate surface area is 96.0 Å². The van der Waals surface area contributed by atoms with E-state index in [0.717, 1.165) is 0 Å². The van der Waals surface area contributed by atoms with E-state index in [1.165, 1.54) is 21.9 Å². The van der Waals surface area contributed by atoms with Crippen molar-refractivity contribution in [1.82, 2.24) is 0 Å². The summed E-state index contributed by atoms with van der Waals surface area (Å²) in [6.07, 6.45) is 2.79. The third-order valence-electron chi connectivity index (χ3n) is 2.87. The Kier molecular flexibility index (Phi) is 3.37. The number of hydrogen-bond acceptors (Lipinski definition) is 1. The molecule has 0 amide bonds. The number of allylic oxidation sites excluding steroid dienone is 1. The van der Waals surface area contributed by atoms with Crippen molar-refractivity contribution in [3.05, 3.63) is 54.1 Å². The Morgan fingerprint density at radius 3 is 2.62 bits per heavy atom. The van der Waals surface area contributed by atoms with Crippen LogP contribution in [0.4, 0.5) is 0 Å². The Hall–Kier alpha value is -1.60. The van der Waals surface area contributed by atoms with E-state index in [1.54, 1.807) is 0 Å². The van der Waals surface area contributed by atoms with Crippen molar-refractivity contribution >= 4 is 16.3 Å². The molecule has 0 radical (unpaired) electrons. The molecule has 2 aromatic rings. The van der Waals surface area contributed by atoms with Crippen LogP contribution in [-0.2, 0) is 0 Å². The van der Waals surface area contributed by atoms with Gasteiger partial charge in [0, 0.05) is 6.61 Å². The third kappa shape index (κ3) is 2.00. The topological polar surface area (TPSA) is 20.2 Å². The van der Waals surface area contributed by atoms with E-state index < -0.39 is 0 Å². The molecule has 0 heterocycles. The lowest BCUT2D eigenvalue weighted by Gasteiger charge is -2.09. The highest BCUT2D eigenvalue weighted by atomic mass is 16.2. The monoisotopic (exact) mass is 212 g/mol. The average Bonchev–Trinajstić information content (AvgIpc) is 2.35. The lowest BCUT2D eigenvalue weighted by atomic mass is 9.96. The molecule has 0 saturated heterocycles. The Bertz CT molecular complexity index is 506. The molecular weight excluding hydrogens is 196 g/mol. The van der Waals surface area contributed by atoms with Crippen molar-refractivity contribution < 1.29 is 5.11 Å². The van der Waals surface area contributed by atoms with Crippen LogP contribution in [-0.4, -0.2) is 11.7 Å². The molecular formula is C15H16O. The molecule has 0 aliphatic carbocycles. The molecule has 0 spiro atoms. The molecule has 0 bridgehead atoms. The van der Waals surface area contributed by atoms with Crippen LogP contribution in [0.3, 0.4) is 0 Å². The van der Waals surface area contributed by atoms with E-state index in [1.807, 2.05) is 13.0 Å². The molecule has 0 aliphatic heterocycles. The maximum atomic E-state index is 9.06. The van der Waals surface area contributed by atoms with Gasteiger partial charge in [0.1, 0.15) is 0 Å². The summed E-state index contributed by atoms with van der Waals surface area (Å²) in [6.45, 7) is 2.22. The standard InChI is InChI=1S/C15H16O/c1-2-12(10-11-16)14-9-5-7-13-6-3-4-8-15(13)14/h2-9,16H,10-11H2,1H3/b12-2+. The lowest BCUT2D eigenvalue weighted by Crippen LogP contribution is -1.90. The van der Waals surface area contributed by atoms with Gasteiger partial charge < -0.3 is 5.11 Å². The van der Waals surface area contributed by atoms with Crippen LogP contribution >= 0.6 is 0 Å². The van der Waals surface area contributed by atoms with Crippen molar-refractivity contribution in [2.24, 2.45) is 0 Å². The van der Waals surface area contributed by atoms with Crippen LogP contribution in [0.2, 0.25) is 0 Å². The van der Waals surface area contributed by atoms with E-state index in [-0.39, 0.29) is 6.61 Å². The molecule has 0 aliphatic rings. The van der Waals surface area contributed by atoms with Gasteiger partial charge in [-0.25, -0.2) is 0 Å². The molecule has 0 aromatic heterocycles.